The first-order valence-corrected chi connectivity index (χ1v) is 11.1. The summed E-state index contributed by atoms with van der Waals surface area (Å²) in [6, 6.07) is 11.4. The third-order valence-corrected chi connectivity index (χ3v) is 6.33. The lowest BCUT2D eigenvalue weighted by Gasteiger charge is -2.33. The van der Waals surface area contributed by atoms with Crippen molar-refractivity contribution in [3.63, 3.8) is 0 Å². The Morgan fingerprint density at radius 3 is 2.59 bits per heavy atom. The van der Waals surface area contributed by atoms with E-state index in [-0.39, 0.29) is 37.4 Å². The number of fused-ring (bicyclic) bond motifs is 1. The number of benzene rings is 2. The van der Waals surface area contributed by atoms with E-state index in [1.807, 2.05) is 37.4 Å². The molecule has 6 nitrogen and oxygen atoms in total. The van der Waals surface area contributed by atoms with Crippen LogP contribution >= 0.6 is 23.2 Å². The van der Waals surface area contributed by atoms with E-state index in [1.54, 1.807) is 6.07 Å². The van der Waals surface area contributed by atoms with Gasteiger partial charge in [-0.15, -0.1) is 0 Å². The smallest absolute Gasteiger partial charge is 0.306 e. The van der Waals surface area contributed by atoms with Gasteiger partial charge in [-0.1, -0.05) is 47.5 Å². The van der Waals surface area contributed by atoms with Crippen LogP contribution in [-0.4, -0.2) is 46.4 Å². The van der Waals surface area contributed by atoms with Gasteiger partial charge in [-0.3, -0.25) is 14.4 Å². The van der Waals surface area contributed by atoms with Gasteiger partial charge in [0.25, 0.3) is 0 Å². The number of likely N-dealkylation sites (N-methyl/N-ethyl adjacent to an activating group) is 1. The van der Waals surface area contributed by atoms with Gasteiger partial charge < -0.3 is 15.1 Å². The fourth-order valence-electron chi connectivity index (χ4n) is 4.24. The van der Waals surface area contributed by atoms with E-state index in [9.17, 15) is 19.5 Å². The van der Waals surface area contributed by atoms with Crippen molar-refractivity contribution in [2.75, 3.05) is 13.6 Å². The van der Waals surface area contributed by atoms with E-state index in [1.165, 1.54) is 0 Å². The molecule has 0 amide bonds. The molecule has 0 aliphatic carbocycles. The number of halogens is 2. The summed E-state index contributed by atoms with van der Waals surface area (Å²) in [5.41, 5.74) is 3.93. The molecule has 170 valence electrons. The summed E-state index contributed by atoms with van der Waals surface area (Å²) >= 11 is 12.7. The van der Waals surface area contributed by atoms with Gasteiger partial charge in [0.05, 0.1) is 5.92 Å². The summed E-state index contributed by atoms with van der Waals surface area (Å²) in [5.74, 6) is -3.41. The largest absolute Gasteiger partial charge is 0.481 e. The molecule has 1 heterocycles. The molecule has 2 N–H and O–H groups in total. The molecule has 0 radical (unpaired) electrons. The Morgan fingerprint density at radius 1 is 1.16 bits per heavy atom. The zero-order chi connectivity index (χ0) is 23.4. The van der Waals surface area contributed by atoms with Gasteiger partial charge in [-0.05, 0) is 47.9 Å². The fourth-order valence-corrected chi connectivity index (χ4v) is 4.80. The molecule has 0 spiro atoms. The van der Waals surface area contributed by atoms with Gasteiger partial charge in [0.1, 0.15) is 5.78 Å². The van der Waals surface area contributed by atoms with Gasteiger partial charge in [0.15, 0.2) is 0 Å². The zero-order valence-corrected chi connectivity index (χ0v) is 19.2. The average molecular weight is 478 g/mol. The molecule has 1 unspecified atom stereocenters. The average Bonchev–Trinajstić information content (AvgIpc) is 2.71. The first kappa shape index (κ1) is 24.2. The highest BCUT2D eigenvalue weighted by atomic mass is 35.5. The van der Waals surface area contributed by atoms with E-state index in [0.29, 0.717) is 10.0 Å². The van der Waals surface area contributed by atoms with Crippen LogP contribution in [0.3, 0.4) is 0 Å². The Kier molecular flexibility index (Phi) is 7.93. The van der Waals surface area contributed by atoms with E-state index in [2.05, 4.69) is 4.90 Å². The van der Waals surface area contributed by atoms with Gasteiger partial charge in [0.2, 0.25) is 0 Å². The zero-order valence-electron chi connectivity index (χ0n) is 17.7. The normalized spacial score (nSPS) is 16.9. The maximum absolute atomic E-state index is 12.5. The Bertz CT molecular complexity index is 1040. The van der Waals surface area contributed by atoms with Crippen molar-refractivity contribution in [1.82, 2.24) is 4.90 Å². The summed E-state index contributed by atoms with van der Waals surface area (Å²) < 4.78 is 0. The van der Waals surface area contributed by atoms with Gasteiger partial charge in [0, 0.05) is 48.3 Å². The van der Waals surface area contributed by atoms with Crippen molar-refractivity contribution in [2.45, 2.75) is 38.1 Å². The number of ketones is 1. The number of hydrogen-bond donors (Lipinski definition) is 2. The van der Waals surface area contributed by atoms with Crippen molar-refractivity contribution < 1.29 is 24.6 Å². The van der Waals surface area contributed by atoms with Crippen LogP contribution in [0.5, 0.6) is 0 Å². The molecule has 32 heavy (non-hydrogen) atoms. The Morgan fingerprint density at radius 2 is 1.91 bits per heavy atom. The van der Waals surface area contributed by atoms with Crippen LogP contribution in [-0.2, 0) is 27.3 Å². The topological polar surface area (TPSA) is 94.9 Å². The molecule has 2 atom stereocenters. The second-order valence-corrected chi connectivity index (χ2v) is 9.18. The maximum atomic E-state index is 12.5. The molecule has 3 rings (SSSR count). The summed E-state index contributed by atoms with van der Waals surface area (Å²) in [4.78, 5) is 36.9. The number of carboxylic acids is 2. The maximum Gasteiger partial charge on any atom is 0.306 e. The number of nitrogens with zero attached hydrogens (tertiary/aromatic N) is 1. The lowest BCUT2D eigenvalue weighted by atomic mass is 9.84. The van der Waals surface area contributed by atoms with Crippen LogP contribution in [0.25, 0.3) is 0 Å². The molecule has 1 aliphatic heterocycles. The minimum absolute atomic E-state index is 0.0392. The van der Waals surface area contributed by atoms with Crippen molar-refractivity contribution in [1.29, 1.82) is 0 Å². The number of hydrogen-bond acceptors (Lipinski definition) is 4. The van der Waals surface area contributed by atoms with Gasteiger partial charge in [-0.2, -0.15) is 0 Å². The Balaban J connectivity index is 1.78. The van der Waals surface area contributed by atoms with Crippen molar-refractivity contribution in [2.24, 2.45) is 5.92 Å². The number of Topliss-reactive ketones (excluding diaryl/α,β-unsaturated/α-hetero) is 1. The molecular weight excluding hydrogens is 453 g/mol. The summed E-state index contributed by atoms with van der Waals surface area (Å²) in [5, 5.41) is 19.3. The summed E-state index contributed by atoms with van der Waals surface area (Å²) in [6.45, 7) is 1.50. The lowest BCUT2D eigenvalue weighted by Crippen LogP contribution is -2.31. The second kappa shape index (κ2) is 10.5. The summed E-state index contributed by atoms with van der Waals surface area (Å²) in [7, 11) is 2.03. The molecular formula is C24H25Cl2NO5. The second-order valence-electron chi connectivity index (χ2n) is 8.34. The molecule has 0 fully saturated rings. The SMILES string of the molecule is CN1Cc2c(Cl)cc(Cl)cc2C(c2cccc(CC(=O)C[C@@H](CCC(=O)O)C(=O)O)c2)C1. The molecule has 0 bridgehead atoms. The molecule has 0 saturated heterocycles. The highest BCUT2D eigenvalue weighted by Crippen LogP contribution is 2.38. The Hall–Kier alpha value is -2.41. The molecule has 2 aromatic rings. The fraction of sp³-hybridized carbons (Fsp3) is 0.375. The van der Waals surface area contributed by atoms with Gasteiger partial charge in [-0.25, -0.2) is 0 Å². The predicted molar refractivity (Wildman–Crippen MR) is 122 cm³/mol. The van der Waals surface area contributed by atoms with E-state index >= 15 is 0 Å². The van der Waals surface area contributed by atoms with Crippen LogP contribution in [0.4, 0.5) is 0 Å². The number of rotatable bonds is 9. The molecule has 0 saturated carbocycles. The van der Waals surface area contributed by atoms with Crippen LogP contribution in [0.1, 0.15) is 47.4 Å². The standard InChI is InChI=1S/C24H25Cl2NO5/c1-27-12-20(19-10-17(25)11-22(26)21(19)13-27)15-4-2-3-14(7-15)8-18(28)9-16(24(31)32)5-6-23(29)30/h2-4,7,10-11,16,20H,5-6,8-9,12-13H2,1H3,(H,29,30)(H,31,32)/t16-,20?/m1/s1. The molecule has 0 aromatic heterocycles. The van der Waals surface area contributed by atoms with E-state index in [4.69, 9.17) is 28.3 Å². The first-order valence-electron chi connectivity index (χ1n) is 10.4. The van der Waals surface area contributed by atoms with Crippen molar-refractivity contribution in [3.8, 4) is 0 Å². The minimum Gasteiger partial charge on any atom is -0.481 e. The van der Waals surface area contributed by atoms with Crippen LogP contribution in [0.15, 0.2) is 36.4 Å². The number of carbonyl (C=O) groups is 3. The monoisotopic (exact) mass is 477 g/mol. The predicted octanol–water partition coefficient (Wildman–Crippen LogP) is 4.64. The highest BCUT2D eigenvalue weighted by Gasteiger charge is 2.27. The molecule has 2 aromatic carbocycles. The lowest BCUT2D eigenvalue weighted by molar-refractivity contribution is -0.145. The van der Waals surface area contributed by atoms with Gasteiger partial charge >= 0.3 is 11.9 Å². The number of aliphatic carboxylic acids is 2. The minimum atomic E-state index is -1.15. The Labute approximate surface area is 196 Å². The van der Waals surface area contributed by atoms with E-state index in [0.717, 1.165) is 35.3 Å². The number of carboxylic acid groups (broad SMARTS) is 2. The van der Waals surface area contributed by atoms with Crippen molar-refractivity contribution >= 4 is 40.9 Å². The third-order valence-electron chi connectivity index (χ3n) is 5.78. The third kappa shape index (κ3) is 6.09. The highest BCUT2D eigenvalue weighted by molar-refractivity contribution is 6.35. The quantitative estimate of drug-likeness (QED) is 0.546. The van der Waals surface area contributed by atoms with E-state index < -0.39 is 17.9 Å². The molecule has 8 heteroatoms. The summed E-state index contributed by atoms with van der Waals surface area (Å²) in [6.07, 6.45) is -0.438. The van der Waals surface area contributed by atoms with Crippen LogP contribution in [0.2, 0.25) is 10.0 Å². The van der Waals surface area contributed by atoms with Crippen molar-refractivity contribution in [3.05, 3.63) is 68.7 Å². The molecule has 1 aliphatic rings. The van der Waals surface area contributed by atoms with Crippen LogP contribution in [0, 0.1) is 5.92 Å². The first-order chi connectivity index (χ1) is 15.1. The number of carbonyl (C=O) groups excluding carboxylic acids is 1. The van der Waals surface area contributed by atoms with Crippen LogP contribution < -0.4 is 0 Å².